The van der Waals surface area contributed by atoms with Crippen molar-refractivity contribution in [3.05, 3.63) is 29.8 Å². The first kappa shape index (κ1) is 15.0. The van der Waals surface area contributed by atoms with Gasteiger partial charge in [-0.05, 0) is 18.1 Å². The maximum atomic E-state index is 11.6. The molecule has 0 aliphatic carbocycles. The maximum absolute atomic E-state index is 11.6. The Morgan fingerprint density at radius 1 is 1.42 bits per heavy atom. The van der Waals surface area contributed by atoms with Crippen molar-refractivity contribution in [3.8, 4) is 5.75 Å². The van der Waals surface area contributed by atoms with Gasteiger partial charge in [0.25, 0.3) is 5.91 Å². The lowest BCUT2D eigenvalue weighted by Crippen LogP contribution is -2.47. The second-order valence-electron chi connectivity index (χ2n) is 4.14. The van der Waals surface area contributed by atoms with Crippen molar-refractivity contribution in [1.82, 2.24) is 4.90 Å². The standard InChI is InChI=1S/C13H18N2O4/c1-15(12(16)11(14)13(17)18)8-7-9-5-3-4-6-10(9)19-2/h3-6,11H,7-8,14H2,1-2H3,(H,17,18). The SMILES string of the molecule is COc1ccccc1CCN(C)C(=O)C(N)C(=O)O. The fourth-order valence-corrected chi connectivity index (χ4v) is 1.65. The molecule has 19 heavy (non-hydrogen) atoms. The lowest BCUT2D eigenvalue weighted by atomic mass is 10.1. The van der Waals surface area contributed by atoms with Crippen LogP contribution in [0, 0.1) is 0 Å². The zero-order valence-electron chi connectivity index (χ0n) is 11.0. The number of likely N-dealkylation sites (N-methyl/N-ethyl adjacent to an activating group) is 1. The highest BCUT2D eigenvalue weighted by Gasteiger charge is 2.24. The molecule has 1 atom stereocenters. The summed E-state index contributed by atoms with van der Waals surface area (Å²) in [5.41, 5.74) is 6.22. The largest absolute Gasteiger partial charge is 0.496 e. The van der Waals surface area contributed by atoms with Gasteiger partial charge in [-0.1, -0.05) is 18.2 Å². The molecule has 0 heterocycles. The topological polar surface area (TPSA) is 92.9 Å². The molecule has 1 rings (SSSR count). The monoisotopic (exact) mass is 266 g/mol. The van der Waals surface area contributed by atoms with Crippen LogP contribution in [-0.4, -0.2) is 48.6 Å². The van der Waals surface area contributed by atoms with Crippen LogP contribution in [-0.2, 0) is 16.0 Å². The van der Waals surface area contributed by atoms with E-state index in [9.17, 15) is 9.59 Å². The molecule has 0 aliphatic heterocycles. The highest BCUT2D eigenvalue weighted by Crippen LogP contribution is 2.17. The Bertz CT molecular complexity index is 462. The minimum absolute atomic E-state index is 0.375. The summed E-state index contributed by atoms with van der Waals surface area (Å²) < 4.78 is 5.20. The van der Waals surface area contributed by atoms with Crippen molar-refractivity contribution in [2.24, 2.45) is 5.73 Å². The van der Waals surface area contributed by atoms with Crippen molar-refractivity contribution >= 4 is 11.9 Å². The van der Waals surface area contributed by atoms with E-state index in [1.807, 2.05) is 24.3 Å². The number of amides is 1. The summed E-state index contributed by atoms with van der Waals surface area (Å²) in [7, 11) is 3.11. The summed E-state index contributed by atoms with van der Waals surface area (Å²) in [6.45, 7) is 0.375. The van der Waals surface area contributed by atoms with Crippen LogP contribution in [0.15, 0.2) is 24.3 Å². The van der Waals surface area contributed by atoms with Crippen LogP contribution in [0.5, 0.6) is 5.75 Å². The van der Waals surface area contributed by atoms with Crippen molar-refractivity contribution in [1.29, 1.82) is 0 Å². The Balaban J connectivity index is 2.61. The van der Waals surface area contributed by atoms with E-state index in [4.69, 9.17) is 15.6 Å². The molecule has 1 aromatic carbocycles. The minimum atomic E-state index is -1.51. The number of ether oxygens (including phenoxy) is 1. The number of nitrogens with zero attached hydrogens (tertiary/aromatic N) is 1. The average molecular weight is 266 g/mol. The highest BCUT2D eigenvalue weighted by molar-refractivity contribution is 6.00. The Morgan fingerprint density at radius 3 is 2.63 bits per heavy atom. The first-order valence-corrected chi connectivity index (χ1v) is 5.82. The molecule has 0 bridgehead atoms. The van der Waals surface area contributed by atoms with E-state index in [1.54, 1.807) is 7.11 Å². The average Bonchev–Trinajstić information content (AvgIpc) is 2.43. The minimum Gasteiger partial charge on any atom is -0.496 e. The maximum Gasteiger partial charge on any atom is 0.330 e. The molecule has 0 aromatic heterocycles. The number of para-hydroxylation sites is 1. The molecule has 0 spiro atoms. The summed E-state index contributed by atoms with van der Waals surface area (Å²) >= 11 is 0. The number of nitrogens with two attached hydrogens (primary N) is 1. The van der Waals surface area contributed by atoms with Gasteiger partial charge in [0.15, 0.2) is 6.04 Å². The second-order valence-corrected chi connectivity index (χ2v) is 4.14. The lowest BCUT2D eigenvalue weighted by molar-refractivity contribution is -0.145. The Morgan fingerprint density at radius 2 is 2.05 bits per heavy atom. The summed E-state index contributed by atoms with van der Waals surface area (Å²) in [4.78, 5) is 23.6. The predicted octanol–water partition coefficient (Wildman–Crippen LogP) is 0.108. The van der Waals surface area contributed by atoms with Gasteiger partial charge >= 0.3 is 5.97 Å². The molecule has 6 heteroatoms. The van der Waals surface area contributed by atoms with Gasteiger partial charge in [0.05, 0.1) is 7.11 Å². The van der Waals surface area contributed by atoms with E-state index < -0.39 is 17.9 Å². The molecule has 1 amide bonds. The van der Waals surface area contributed by atoms with E-state index in [0.717, 1.165) is 11.3 Å². The Hall–Kier alpha value is -2.08. The van der Waals surface area contributed by atoms with Crippen molar-refractivity contribution < 1.29 is 19.4 Å². The number of carboxylic acids is 1. The number of rotatable bonds is 6. The van der Waals surface area contributed by atoms with Gasteiger partial charge in [0.2, 0.25) is 0 Å². The number of methoxy groups -OCH3 is 1. The molecular weight excluding hydrogens is 248 g/mol. The normalized spacial score (nSPS) is 11.7. The third-order valence-corrected chi connectivity index (χ3v) is 2.82. The molecule has 1 aromatic rings. The van der Waals surface area contributed by atoms with Crippen molar-refractivity contribution in [2.45, 2.75) is 12.5 Å². The van der Waals surface area contributed by atoms with Crippen LogP contribution >= 0.6 is 0 Å². The molecular formula is C13H18N2O4. The lowest BCUT2D eigenvalue weighted by Gasteiger charge is -2.19. The van der Waals surface area contributed by atoms with E-state index in [1.165, 1.54) is 11.9 Å². The third kappa shape index (κ3) is 3.96. The van der Waals surface area contributed by atoms with Crippen molar-refractivity contribution in [3.63, 3.8) is 0 Å². The number of hydrogen-bond acceptors (Lipinski definition) is 4. The van der Waals surface area contributed by atoms with Gasteiger partial charge in [-0.15, -0.1) is 0 Å². The summed E-state index contributed by atoms with van der Waals surface area (Å²) in [5.74, 6) is -1.19. The van der Waals surface area contributed by atoms with Crippen LogP contribution < -0.4 is 10.5 Å². The molecule has 0 saturated heterocycles. The van der Waals surface area contributed by atoms with Gasteiger partial charge in [-0.25, -0.2) is 4.79 Å². The summed E-state index contributed by atoms with van der Waals surface area (Å²) in [6, 6.07) is 5.96. The highest BCUT2D eigenvalue weighted by atomic mass is 16.5. The number of aliphatic carboxylic acids is 1. The molecule has 6 nitrogen and oxygen atoms in total. The zero-order chi connectivity index (χ0) is 14.4. The molecule has 0 aliphatic rings. The van der Waals surface area contributed by atoms with E-state index >= 15 is 0 Å². The number of benzene rings is 1. The van der Waals surface area contributed by atoms with Crippen LogP contribution in [0.25, 0.3) is 0 Å². The first-order valence-electron chi connectivity index (χ1n) is 5.82. The van der Waals surface area contributed by atoms with Crippen molar-refractivity contribution in [2.75, 3.05) is 20.7 Å². The second kappa shape index (κ2) is 6.75. The molecule has 1 unspecified atom stereocenters. The van der Waals surface area contributed by atoms with Gasteiger partial charge in [-0.3, -0.25) is 4.79 Å². The molecule has 0 saturated carbocycles. The van der Waals surface area contributed by atoms with Crippen LogP contribution in [0.2, 0.25) is 0 Å². The predicted molar refractivity (Wildman–Crippen MR) is 69.9 cm³/mol. The van der Waals surface area contributed by atoms with E-state index in [-0.39, 0.29) is 0 Å². The van der Waals surface area contributed by atoms with Crippen LogP contribution in [0.4, 0.5) is 0 Å². The Kier molecular flexibility index (Phi) is 5.32. The fourth-order valence-electron chi connectivity index (χ4n) is 1.65. The molecule has 0 fully saturated rings. The molecule has 3 N–H and O–H groups in total. The number of carbonyl (C=O) groups is 2. The van der Waals surface area contributed by atoms with E-state index in [2.05, 4.69) is 0 Å². The number of carboxylic acid groups (broad SMARTS) is 1. The van der Waals surface area contributed by atoms with Gasteiger partial charge in [-0.2, -0.15) is 0 Å². The summed E-state index contributed by atoms with van der Waals surface area (Å²) in [5, 5.41) is 8.68. The molecule has 104 valence electrons. The van der Waals surface area contributed by atoms with Gasteiger partial charge < -0.3 is 20.5 Å². The van der Waals surface area contributed by atoms with Gasteiger partial charge in [0.1, 0.15) is 5.75 Å². The smallest absolute Gasteiger partial charge is 0.330 e. The fraction of sp³-hybridized carbons (Fsp3) is 0.385. The number of carbonyl (C=O) groups excluding carboxylic acids is 1. The Labute approximate surface area is 111 Å². The number of hydrogen-bond donors (Lipinski definition) is 2. The zero-order valence-corrected chi connectivity index (χ0v) is 11.0. The quantitative estimate of drug-likeness (QED) is 0.713. The van der Waals surface area contributed by atoms with E-state index in [0.29, 0.717) is 13.0 Å². The van der Waals surface area contributed by atoms with Crippen LogP contribution in [0.1, 0.15) is 5.56 Å². The first-order chi connectivity index (χ1) is 8.97. The third-order valence-electron chi connectivity index (χ3n) is 2.82. The molecule has 0 radical (unpaired) electrons. The summed E-state index contributed by atoms with van der Waals surface area (Å²) in [6.07, 6.45) is 0.568. The van der Waals surface area contributed by atoms with Gasteiger partial charge in [0, 0.05) is 13.6 Å². The van der Waals surface area contributed by atoms with Crippen LogP contribution in [0.3, 0.4) is 0 Å².